The fraction of sp³-hybridized carbons (Fsp3) is 0.833. The van der Waals surface area contributed by atoms with Crippen molar-refractivity contribution in [2.75, 3.05) is 20.3 Å². The molecule has 17 heavy (non-hydrogen) atoms. The molecule has 1 saturated carbocycles. The second-order valence-corrected chi connectivity index (χ2v) is 4.55. The number of hydrogen-bond donors (Lipinski definition) is 2. The Morgan fingerprint density at radius 3 is 2.47 bits per heavy atom. The number of carboxylic acid groups (broad SMARTS) is 1. The zero-order valence-corrected chi connectivity index (χ0v) is 10.3. The van der Waals surface area contributed by atoms with Gasteiger partial charge in [-0.1, -0.05) is 19.3 Å². The molecule has 1 aliphatic carbocycles. The maximum Gasteiger partial charge on any atom is 0.319 e. The lowest BCUT2D eigenvalue weighted by Crippen LogP contribution is -2.48. The van der Waals surface area contributed by atoms with Crippen LogP contribution in [0.15, 0.2) is 0 Å². The molecule has 0 bridgehead atoms. The highest BCUT2D eigenvalue weighted by atomic mass is 16.5. The Morgan fingerprint density at radius 1 is 1.29 bits per heavy atom. The molecule has 1 aliphatic rings. The molecule has 0 aromatic carbocycles. The minimum absolute atomic E-state index is 0.333. The summed E-state index contributed by atoms with van der Waals surface area (Å²) in [6.07, 6.45) is 4.27. The Labute approximate surface area is 102 Å². The maximum absolute atomic E-state index is 12.0. The van der Waals surface area contributed by atoms with E-state index >= 15 is 0 Å². The minimum atomic E-state index is -1.19. The Bertz CT molecular complexity index is 272. The van der Waals surface area contributed by atoms with Gasteiger partial charge >= 0.3 is 5.97 Å². The van der Waals surface area contributed by atoms with Gasteiger partial charge in [-0.05, 0) is 19.3 Å². The summed E-state index contributed by atoms with van der Waals surface area (Å²) in [4.78, 5) is 23.3. The molecule has 2 N–H and O–H groups in total. The topological polar surface area (TPSA) is 75.6 Å². The monoisotopic (exact) mass is 243 g/mol. The molecule has 1 rings (SSSR count). The normalized spacial score (nSPS) is 18.6. The number of carbonyl (C=O) groups excluding carboxylic acids is 1. The zero-order valence-electron chi connectivity index (χ0n) is 10.3. The highest BCUT2D eigenvalue weighted by molar-refractivity contribution is 6.01. The van der Waals surface area contributed by atoms with Gasteiger partial charge in [0.2, 0.25) is 5.91 Å². The van der Waals surface area contributed by atoms with Gasteiger partial charge in [-0.2, -0.15) is 0 Å². The molecule has 0 spiro atoms. The van der Waals surface area contributed by atoms with Crippen molar-refractivity contribution in [2.24, 2.45) is 5.41 Å². The van der Waals surface area contributed by atoms with Crippen LogP contribution in [0.3, 0.4) is 0 Å². The average molecular weight is 243 g/mol. The number of carboxylic acids is 1. The third-order valence-electron chi connectivity index (χ3n) is 3.36. The standard InChI is InChI=1S/C12H21NO4/c1-17-9-5-8-13-10(14)12(11(15)16)6-3-2-4-7-12/h2-9H2,1H3,(H,13,14)(H,15,16). The lowest BCUT2D eigenvalue weighted by atomic mass is 9.73. The number of carbonyl (C=O) groups is 2. The first-order valence-electron chi connectivity index (χ1n) is 6.14. The van der Waals surface area contributed by atoms with Crippen molar-refractivity contribution >= 4 is 11.9 Å². The van der Waals surface area contributed by atoms with Crippen LogP contribution in [0.1, 0.15) is 38.5 Å². The van der Waals surface area contributed by atoms with Crippen LogP contribution in [0.5, 0.6) is 0 Å². The van der Waals surface area contributed by atoms with Crippen LogP contribution >= 0.6 is 0 Å². The van der Waals surface area contributed by atoms with Crippen LogP contribution in [0.4, 0.5) is 0 Å². The second kappa shape index (κ2) is 6.59. The van der Waals surface area contributed by atoms with E-state index in [1.54, 1.807) is 7.11 Å². The molecular formula is C12H21NO4. The molecule has 0 aliphatic heterocycles. The number of aliphatic carboxylic acids is 1. The molecule has 0 atom stereocenters. The van der Waals surface area contributed by atoms with E-state index in [9.17, 15) is 14.7 Å². The number of nitrogens with one attached hydrogen (secondary N) is 1. The zero-order chi connectivity index (χ0) is 12.7. The molecule has 5 nitrogen and oxygen atoms in total. The molecule has 0 radical (unpaired) electrons. The van der Waals surface area contributed by atoms with Crippen LogP contribution < -0.4 is 5.32 Å². The predicted molar refractivity (Wildman–Crippen MR) is 62.7 cm³/mol. The Morgan fingerprint density at radius 2 is 1.94 bits per heavy atom. The maximum atomic E-state index is 12.0. The van der Waals surface area contributed by atoms with E-state index in [0.29, 0.717) is 32.4 Å². The lowest BCUT2D eigenvalue weighted by molar-refractivity contribution is -0.158. The summed E-state index contributed by atoms with van der Waals surface area (Å²) in [5, 5.41) is 12.0. The van der Waals surface area contributed by atoms with Gasteiger partial charge in [0.05, 0.1) is 0 Å². The fourth-order valence-corrected chi connectivity index (χ4v) is 2.28. The summed E-state index contributed by atoms with van der Waals surface area (Å²) >= 11 is 0. The summed E-state index contributed by atoms with van der Waals surface area (Å²) in [5.41, 5.74) is -1.19. The molecular weight excluding hydrogens is 222 g/mol. The van der Waals surface area contributed by atoms with Crippen molar-refractivity contribution in [1.29, 1.82) is 0 Å². The molecule has 0 saturated heterocycles. The fourth-order valence-electron chi connectivity index (χ4n) is 2.28. The molecule has 0 aromatic rings. The molecule has 0 aromatic heterocycles. The van der Waals surface area contributed by atoms with E-state index in [1.807, 2.05) is 0 Å². The molecule has 98 valence electrons. The van der Waals surface area contributed by atoms with Crippen molar-refractivity contribution in [3.8, 4) is 0 Å². The summed E-state index contributed by atoms with van der Waals surface area (Å²) in [7, 11) is 1.60. The number of ether oxygens (including phenoxy) is 1. The van der Waals surface area contributed by atoms with Crippen LogP contribution in [0, 0.1) is 5.41 Å². The number of rotatable bonds is 6. The largest absolute Gasteiger partial charge is 0.480 e. The number of amides is 1. The van der Waals surface area contributed by atoms with Crippen LogP contribution in [0.25, 0.3) is 0 Å². The summed E-state index contributed by atoms with van der Waals surface area (Å²) in [6.45, 7) is 1.04. The van der Waals surface area contributed by atoms with E-state index in [1.165, 1.54) is 0 Å². The summed E-state index contributed by atoms with van der Waals surface area (Å²) in [5.74, 6) is -1.32. The van der Waals surface area contributed by atoms with Crippen molar-refractivity contribution in [3.63, 3.8) is 0 Å². The Hall–Kier alpha value is -1.10. The quantitative estimate of drug-likeness (QED) is 0.542. The van der Waals surface area contributed by atoms with Gasteiger partial charge in [0.1, 0.15) is 5.41 Å². The first kappa shape index (κ1) is 14.0. The highest BCUT2D eigenvalue weighted by Crippen LogP contribution is 2.36. The first-order valence-corrected chi connectivity index (χ1v) is 6.14. The lowest BCUT2D eigenvalue weighted by Gasteiger charge is -2.31. The average Bonchev–Trinajstić information content (AvgIpc) is 2.35. The number of hydrogen-bond acceptors (Lipinski definition) is 3. The van der Waals surface area contributed by atoms with Gasteiger partial charge in [0, 0.05) is 20.3 Å². The summed E-state index contributed by atoms with van der Waals surface area (Å²) < 4.78 is 4.87. The molecule has 1 fully saturated rings. The van der Waals surface area contributed by atoms with Crippen molar-refractivity contribution < 1.29 is 19.4 Å². The van der Waals surface area contributed by atoms with Crippen molar-refractivity contribution in [2.45, 2.75) is 38.5 Å². The highest BCUT2D eigenvalue weighted by Gasteiger charge is 2.46. The molecule has 1 amide bonds. The van der Waals surface area contributed by atoms with Crippen molar-refractivity contribution in [3.05, 3.63) is 0 Å². The van der Waals surface area contributed by atoms with Crippen LogP contribution in [-0.2, 0) is 14.3 Å². The van der Waals surface area contributed by atoms with Gasteiger partial charge < -0.3 is 15.2 Å². The second-order valence-electron chi connectivity index (χ2n) is 4.55. The van der Waals surface area contributed by atoms with E-state index in [0.717, 1.165) is 19.3 Å². The number of methoxy groups -OCH3 is 1. The van der Waals surface area contributed by atoms with E-state index in [4.69, 9.17) is 4.74 Å². The van der Waals surface area contributed by atoms with Gasteiger partial charge in [0.15, 0.2) is 0 Å². The SMILES string of the molecule is COCCCNC(=O)C1(C(=O)O)CCCCC1. The van der Waals surface area contributed by atoms with Gasteiger partial charge in [0.25, 0.3) is 0 Å². The third kappa shape index (κ3) is 3.43. The van der Waals surface area contributed by atoms with Gasteiger partial charge in [-0.25, -0.2) is 0 Å². The van der Waals surface area contributed by atoms with Crippen molar-refractivity contribution in [1.82, 2.24) is 5.32 Å². The minimum Gasteiger partial charge on any atom is -0.480 e. The third-order valence-corrected chi connectivity index (χ3v) is 3.36. The smallest absolute Gasteiger partial charge is 0.319 e. The van der Waals surface area contributed by atoms with Gasteiger partial charge in [-0.3, -0.25) is 9.59 Å². The Kier molecular flexibility index (Phi) is 5.41. The van der Waals surface area contributed by atoms with Crippen LogP contribution in [0.2, 0.25) is 0 Å². The first-order chi connectivity index (χ1) is 8.13. The van der Waals surface area contributed by atoms with Gasteiger partial charge in [-0.15, -0.1) is 0 Å². The van der Waals surface area contributed by atoms with E-state index in [2.05, 4.69) is 5.32 Å². The van der Waals surface area contributed by atoms with E-state index in [-0.39, 0.29) is 5.91 Å². The Balaban J connectivity index is 2.52. The predicted octanol–water partition coefficient (Wildman–Crippen LogP) is 1.17. The van der Waals surface area contributed by atoms with E-state index < -0.39 is 11.4 Å². The molecule has 5 heteroatoms. The summed E-state index contributed by atoms with van der Waals surface area (Å²) in [6, 6.07) is 0. The molecule has 0 unspecified atom stereocenters. The van der Waals surface area contributed by atoms with Crippen LogP contribution in [-0.4, -0.2) is 37.2 Å². The molecule has 0 heterocycles.